The van der Waals surface area contributed by atoms with Crippen molar-refractivity contribution in [1.82, 2.24) is 20.9 Å². The second-order valence-corrected chi connectivity index (χ2v) is 9.24. The minimum Gasteiger partial charge on any atom is -0.357 e. The van der Waals surface area contributed by atoms with Crippen LogP contribution in [0.1, 0.15) is 39.0 Å². The highest BCUT2D eigenvalue weighted by atomic mass is 32.2. The van der Waals surface area contributed by atoms with Crippen molar-refractivity contribution in [2.75, 3.05) is 50.8 Å². The number of nitrogens with zero attached hydrogens (tertiary/aromatic N) is 2. The van der Waals surface area contributed by atoms with E-state index >= 15 is 0 Å². The molecule has 2 rings (SSSR count). The smallest absolute Gasteiger partial charge is 0.222 e. The average Bonchev–Trinajstić information content (AvgIpc) is 2.94. The van der Waals surface area contributed by atoms with Crippen LogP contribution in [0, 0.1) is 0 Å². The van der Waals surface area contributed by atoms with Crippen LogP contribution in [0.25, 0.3) is 0 Å². The van der Waals surface area contributed by atoms with Crippen LogP contribution in [0.3, 0.4) is 0 Å². The Bertz CT molecular complexity index is 573. The van der Waals surface area contributed by atoms with Crippen molar-refractivity contribution in [3.8, 4) is 0 Å². The molecular weight excluding hydrogens is 354 g/mol. The van der Waals surface area contributed by atoms with Crippen molar-refractivity contribution in [2.24, 2.45) is 4.99 Å². The molecule has 26 heavy (non-hydrogen) atoms. The summed E-state index contributed by atoms with van der Waals surface area (Å²) in [4.78, 5) is 19.0. The molecule has 0 radical (unpaired) electrons. The lowest BCUT2D eigenvalue weighted by Gasteiger charge is -2.25. The summed E-state index contributed by atoms with van der Waals surface area (Å²) in [5.41, 5.74) is 0. The number of carbonyl (C=O) groups is 1. The summed E-state index contributed by atoms with van der Waals surface area (Å²) < 4.78 is 22.8. The van der Waals surface area contributed by atoms with Gasteiger partial charge >= 0.3 is 0 Å². The zero-order valence-electron chi connectivity index (χ0n) is 15.8. The summed E-state index contributed by atoms with van der Waals surface area (Å²) in [6.45, 7) is 7.28. The Labute approximate surface area is 157 Å². The number of carbonyl (C=O) groups excluding carboxylic acids is 1. The Morgan fingerprint density at radius 2 is 1.96 bits per heavy atom. The third-order valence-corrected chi connectivity index (χ3v) is 6.49. The van der Waals surface area contributed by atoms with Gasteiger partial charge in [0.1, 0.15) is 0 Å². The van der Waals surface area contributed by atoms with Gasteiger partial charge in [-0.1, -0.05) is 6.42 Å². The quantitative estimate of drug-likeness (QED) is 0.391. The highest BCUT2D eigenvalue weighted by Crippen LogP contribution is 2.11. The molecule has 9 heteroatoms. The second kappa shape index (κ2) is 10.7. The van der Waals surface area contributed by atoms with Gasteiger partial charge in [0.05, 0.1) is 18.1 Å². The molecule has 1 atom stereocenters. The van der Waals surface area contributed by atoms with Gasteiger partial charge in [-0.05, 0) is 39.3 Å². The predicted octanol–water partition coefficient (Wildman–Crippen LogP) is -0.279. The van der Waals surface area contributed by atoms with Crippen LogP contribution >= 0.6 is 0 Å². The molecule has 0 aromatic carbocycles. The molecule has 0 spiro atoms. The number of sulfone groups is 1. The fraction of sp³-hybridized carbons (Fsp3) is 0.882. The van der Waals surface area contributed by atoms with Gasteiger partial charge in [-0.15, -0.1) is 0 Å². The Kier molecular flexibility index (Phi) is 8.64. The Morgan fingerprint density at radius 3 is 2.62 bits per heavy atom. The molecule has 2 fully saturated rings. The van der Waals surface area contributed by atoms with Gasteiger partial charge in [0, 0.05) is 32.1 Å². The molecule has 2 aliphatic rings. The number of hydrogen-bond acceptors (Lipinski definition) is 5. The van der Waals surface area contributed by atoms with Crippen LogP contribution in [0.2, 0.25) is 0 Å². The van der Waals surface area contributed by atoms with E-state index in [0.29, 0.717) is 19.4 Å². The second-order valence-electron chi connectivity index (χ2n) is 7.01. The van der Waals surface area contributed by atoms with Crippen molar-refractivity contribution in [2.45, 2.75) is 45.1 Å². The molecule has 1 unspecified atom stereocenters. The van der Waals surface area contributed by atoms with Gasteiger partial charge in [-0.2, -0.15) is 0 Å². The molecule has 1 amide bonds. The van der Waals surface area contributed by atoms with Crippen molar-refractivity contribution < 1.29 is 13.2 Å². The topological polar surface area (TPSA) is 103 Å². The monoisotopic (exact) mass is 387 g/mol. The molecule has 0 saturated carbocycles. The molecule has 0 bridgehead atoms. The summed E-state index contributed by atoms with van der Waals surface area (Å²) in [6.07, 6.45) is 4.70. The number of nitrogens with one attached hydrogen (secondary N) is 3. The normalized spacial score (nSPS) is 23.6. The number of rotatable bonds is 8. The van der Waals surface area contributed by atoms with Crippen molar-refractivity contribution in [3.63, 3.8) is 0 Å². The summed E-state index contributed by atoms with van der Waals surface area (Å²) in [5.74, 6) is 0.835. The largest absolute Gasteiger partial charge is 0.357 e. The van der Waals surface area contributed by atoms with E-state index in [1.165, 1.54) is 19.3 Å². The number of likely N-dealkylation sites (tertiary alicyclic amines) is 1. The standard InChI is InChI=1S/C17H33N5O3S/c1-2-18-17(20-9-12-22-10-4-3-5-11-22)19-8-6-16(23)21-15-7-13-26(24,25)14-15/h15H,2-14H2,1H3,(H,21,23)(H2,18,19,20). The van der Waals surface area contributed by atoms with E-state index in [0.717, 1.165) is 38.7 Å². The fourth-order valence-corrected chi connectivity index (χ4v) is 5.00. The molecule has 0 aromatic rings. The Morgan fingerprint density at radius 1 is 1.19 bits per heavy atom. The summed E-state index contributed by atoms with van der Waals surface area (Å²) >= 11 is 0. The fourth-order valence-electron chi connectivity index (χ4n) is 3.33. The predicted molar refractivity (Wildman–Crippen MR) is 104 cm³/mol. The van der Waals surface area contributed by atoms with Crippen molar-refractivity contribution in [3.05, 3.63) is 0 Å². The molecule has 2 aliphatic heterocycles. The third kappa shape index (κ3) is 7.90. The van der Waals surface area contributed by atoms with Gasteiger partial charge in [-0.3, -0.25) is 9.79 Å². The van der Waals surface area contributed by atoms with E-state index in [4.69, 9.17) is 0 Å². The molecule has 0 aliphatic carbocycles. The van der Waals surface area contributed by atoms with Gasteiger partial charge < -0.3 is 20.9 Å². The first-order valence-electron chi connectivity index (χ1n) is 9.73. The first-order valence-corrected chi connectivity index (χ1v) is 11.5. The minimum absolute atomic E-state index is 0.0623. The van der Waals surface area contributed by atoms with E-state index in [2.05, 4.69) is 25.8 Å². The molecule has 150 valence electrons. The summed E-state index contributed by atoms with van der Waals surface area (Å²) in [6, 6.07) is -0.237. The van der Waals surface area contributed by atoms with Crippen LogP contribution in [0.4, 0.5) is 0 Å². The van der Waals surface area contributed by atoms with E-state index in [-0.39, 0.29) is 23.5 Å². The molecule has 0 aromatic heterocycles. The van der Waals surface area contributed by atoms with E-state index in [9.17, 15) is 13.2 Å². The lowest BCUT2D eigenvalue weighted by Crippen LogP contribution is -2.41. The first-order chi connectivity index (χ1) is 12.5. The van der Waals surface area contributed by atoms with Gasteiger partial charge in [0.2, 0.25) is 5.91 Å². The zero-order chi connectivity index (χ0) is 18.8. The van der Waals surface area contributed by atoms with Crippen molar-refractivity contribution in [1.29, 1.82) is 0 Å². The molecule has 3 N–H and O–H groups in total. The van der Waals surface area contributed by atoms with E-state index in [1.807, 2.05) is 6.92 Å². The van der Waals surface area contributed by atoms with Gasteiger partial charge in [0.15, 0.2) is 15.8 Å². The number of aliphatic imine (C=N–C) groups is 1. The average molecular weight is 388 g/mol. The van der Waals surface area contributed by atoms with E-state index < -0.39 is 9.84 Å². The highest BCUT2D eigenvalue weighted by Gasteiger charge is 2.28. The lowest BCUT2D eigenvalue weighted by molar-refractivity contribution is -0.121. The molecule has 2 saturated heterocycles. The van der Waals surface area contributed by atoms with Crippen LogP contribution in [0.15, 0.2) is 4.99 Å². The molecular formula is C17H33N5O3S. The minimum atomic E-state index is -2.97. The van der Waals surface area contributed by atoms with Crippen LogP contribution in [0.5, 0.6) is 0 Å². The third-order valence-electron chi connectivity index (χ3n) is 4.72. The number of amides is 1. The summed E-state index contributed by atoms with van der Waals surface area (Å²) in [5, 5.41) is 9.16. The highest BCUT2D eigenvalue weighted by molar-refractivity contribution is 7.91. The molecule has 8 nitrogen and oxygen atoms in total. The van der Waals surface area contributed by atoms with Gasteiger partial charge in [0.25, 0.3) is 0 Å². The number of hydrogen-bond donors (Lipinski definition) is 3. The maximum absolute atomic E-state index is 12.0. The Balaban J connectivity index is 1.65. The maximum atomic E-state index is 12.0. The zero-order valence-corrected chi connectivity index (χ0v) is 16.6. The number of piperidine rings is 1. The summed E-state index contributed by atoms with van der Waals surface area (Å²) in [7, 11) is -2.97. The lowest BCUT2D eigenvalue weighted by atomic mass is 10.1. The van der Waals surface area contributed by atoms with Crippen LogP contribution in [-0.4, -0.2) is 82.0 Å². The first kappa shape index (κ1) is 21.0. The number of guanidine groups is 1. The van der Waals surface area contributed by atoms with Gasteiger partial charge in [-0.25, -0.2) is 8.42 Å². The SMILES string of the molecule is CCNC(=NCCN1CCCCC1)NCCC(=O)NC1CCS(=O)(=O)C1. The van der Waals surface area contributed by atoms with Crippen LogP contribution < -0.4 is 16.0 Å². The Hall–Kier alpha value is -1.35. The van der Waals surface area contributed by atoms with Crippen LogP contribution in [-0.2, 0) is 14.6 Å². The molecule has 2 heterocycles. The van der Waals surface area contributed by atoms with E-state index in [1.54, 1.807) is 0 Å². The van der Waals surface area contributed by atoms with Crippen molar-refractivity contribution >= 4 is 21.7 Å². The maximum Gasteiger partial charge on any atom is 0.222 e.